The Morgan fingerprint density at radius 2 is 2.36 bits per heavy atom. The van der Waals surface area contributed by atoms with Gasteiger partial charge in [0.05, 0.1) is 12.3 Å². The minimum absolute atomic E-state index is 0.0383. The van der Waals surface area contributed by atoms with Crippen molar-refractivity contribution in [3.05, 3.63) is 30.5 Å². The van der Waals surface area contributed by atoms with Crippen LogP contribution in [-0.4, -0.2) is 19.5 Å². The molecule has 0 spiro atoms. The van der Waals surface area contributed by atoms with Crippen LogP contribution >= 0.6 is 0 Å². The summed E-state index contributed by atoms with van der Waals surface area (Å²) in [6, 6.07) is 1.75. The third-order valence-corrected chi connectivity index (χ3v) is 1.50. The van der Waals surface area contributed by atoms with E-state index in [4.69, 9.17) is 5.11 Å². The molecule has 0 aromatic carbocycles. The van der Waals surface area contributed by atoms with Gasteiger partial charge in [-0.05, 0) is 0 Å². The van der Waals surface area contributed by atoms with Crippen LogP contribution in [0.3, 0.4) is 0 Å². The summed E-state index contributed by atoms with van der Waals surface area (Å²) in [4.78, 5) is 8.01. The average Bonchev–Trinajstić information content (AvgIpc) is 2.50. The van der Waals surface area contributed by atoms with E-state index < -0.39 is 0 Å². The normalized spacial score (nSPS) is 10.6. The van der Waals surface area contributed by atoms with Crippen LogP contribution in [0.5, 0.6) is 0 Å². The molecule has 4 nitrogen and oxygen atoms in total. The highest BCUT2D eigenvalue weighted by atomic mass is 16.3. The topological polar surface area (TPSA) is 50.4 Å². The summed E-state index contributed by atoms with van der Waals surface area (Å²) in [5.74, 6) is 0. The zero-order valence-electron chi connectivity index (χ0n) is 5.81. The highest BCUT2D eigenvalue weighted by Gasteiger charge is 1.95. The van der Waals surface area contributed by atoms with Crippen molar-refractivity contribution in [3.8, 4) is 0 Å². The fourth-order valence-corrected chi connectivity index (χ4v) is 0.943. The van der Waals surface area contributed by atoms with E-state index in [-0.39, 0.29) is 6.61 Å². The molecule has 0 saturated carbocycles. The lowest BCUT2D eigenvalue weighted by Crippen LogP contribution is -1.92. The first-order valence-electron chi connectivity index (χ1n) is 3.28. The van der Waals surface area contributed by atoms with Crippen LogP contribution in [-0.2, 0) is 6.61 Å². The molecular formula is C7H7N3O. The monoisotopic (exact) mass is 149 g/mol. The van der Waals surface area contributed by atoms with E-state index in [0.29, 0.717) is 5.69 Å². The number of fused-ring (bicyclic) bond motifs is 1. The van der Waals surface area contributed by atoms with Crippen molar-refractivity contribution in [2.45, 2.75) is 6.61 Å². The number of imidazole rings is 1. The molecule has 0 aliphatic rings. The van der Waals surface area contributed by atoms with Crippen molar-refractivity contribution in [2.75, 3.05) is 0 Å². The zero-order valence-corrected chi connectivity index (χ0v) is 5.81. The third-order valence-electron chi connectivity index (χ3n) is 1.50. The average molecular weight is 149 g/mol. The van der Waals surface area contributed by atoms with E-state index in [0.717, 1.165) is 5.65 Å². The Kier molecular flexibility index (Phi) is 1.33. The summed E-state index contributed by atoms with van der Waals surface area (Å²) in [6.07, 6.45) is 5.13. The Hall–Kier alpha value is -1.42. The minimum Gasteiger partial charge on any atom is -0.390 e. The van der Waals surface area contributed by atoms with Gasteiger partial charge >= 0.3 is 0 Å². The summed E-state index contributed by atoms with van der Waals surface area (Å²) in [5.41, 5.74) is 1.45. The molecule has 2 aromatic heterocycles. The van der Waals surface area contributed by atoms with Gasteiger partial charge in [0, 0.05) is 18.5 Å². The van der Waals surface area contributed by atoms with Crippen molar-refractivity contribution in [3.63, 3.8) is 0 Å². The summed E-state index contributed by atoms with van der Waals surface area (Å²) in [6.45, 7) is -0.0383. The number of aliphatic hydroxyl groups is 1. The Labute approximate surface area is 63.1 Å². The molecule has 0 saturated heterocycles. The molecule has 0 radical (unpaired) electrons. The van der Waals surface area contributed by atoms with Gasteiger partial charge in [-0.1, -0.05) is 0 Å². The molecule has 0 fully saturated rings. The Balaban J connectivity index is 2.67. The molecule has 0 aliphatic heterocycles. The van der Waals surface area contributed by atoms with Crippen molar-refractivity contribution in [2.24, 2.45) is 0 Å². The van der Waals surface area contributed by atoms with Crippen molar-refractivity contribution >= 4 is 5.65 Å². The van der Waals surface area contributed by atoms with Crippen LogP contribution < -0.4 is 0 Å². The second kappa shape index (κ2) is 2.32. The highest BCUT2D eigenvalue weighted by molar-refractivity contribution is 5.38. The van der Waals surface area contributed by atoms with Crippen molar-refractivity contribution < 1.29 is 5.11 Å². The summed E-state index contributed by atoms with van der Waals surface area (Å²) >= 11 is 0. The fourth-order valence-electron chi connectivity index (χ4n) is 0.943. The molecule has 0 amide bonds. The van der Waals surface area contributed by atoms with Crippen molar-refractivity contribution in [1.82, 2.24) is 14.4 Å². The lowest BCUT2D eigenvalue weighted by atomic mass is 10.4. The van der Waals surface area contributed by atoms with Crippen LogP contribution in [0, 0.1) is 0 Å². The zero-order chi connectivity index (χ0) is 7.68. The first-order valence-corrected chi connectivity index (χ1v) is 3.28. The van der Waals surface area contributed by atoms with E-state index >= 15 is 0 Å². The number of aliphatic hydroxyl groups excluding tert-OH is 1. The number of rotatable bonds is 1. The number of hydrogen-bond acceptors (Lipinski definition) is 3. The molecule has 56 valence electrons. The lowest BCUT2D eigenvalue weighted by Gasteiger charge is -1.94. The summed E-state index contributed by atoms with van der Waals surface area (Å²) < 4.78 is 1.79. The summed E-state index contributed by atoms with van der Waals surface area (Å²) in [7, 11) is 0. The third kappa shape index (κ3) is 0.969. The van der Waals surface area contributed by atoms with Gasteiger partial charge in [0.25, 0.3) is 0 Å². The quantitative estimate of drug-likeness (QED) is 0.631. The Bertz CT molecular complexity index is 368. The molecule has 0 aliphatic carbocycles. The van der Waals surface area contributed by atoms with E-state index in [1.54, 1.807) is 23.0 Å². The second-order valence-electron chi connectivity index (χ2n) is 2.23. The van der Waals surface area contributed by atoms with Gasteiger partial charge in [0.1, 0.15) is 12.0 Å². The smallest absolute Gasteiger partial charge is 0.139 e. The van der Waals surface area contributed by atoms with Gasteiger partial charge < -0.3 is 5.11 Å². The number of aromatic nitrogens is 3. The molecular weight excluding hydrogens is 142 g/mol. The predicted octanol–water partition coefficient (Wildman–Crippen LogP) is 0.222. The first-order chi connectivity index (χ1) is 5.40. The van der Waals surface area contributed by atoms with Crippen LogP contribution in [0.2, 0.25) is 0 Å². The predicted molar refractivity (Wildman–Crippen MR) is 38.9 cm³/mol. The number of nitrogens with zero attached hydrogens (tertiary/aromatic N) is 3. The maximum absolute atomic E-state index is 8.74. The van der Waals surface area contributed by atoms with Crippen LogP contribution in [0.25, 0.3) is 5.65 Å². The molecule has 0 atom stereocenters. The van der Waals surface area contributed by atoms with Crippen LogP contribution in [0.4, 0.5) is 0 Å². The van der Waals surface area contributed by atoms with E-state index in [2.05, 4.69) is 9.97 Å². The fraction of sp³-hybridized carbons (Fsp3) is 0.143. The summed E-state index contributed by atoms with van der Waals surface area (Å²) in [5, 5.41) is 8.74. The minimum atomic E-state index is -0.0383. The SMILES string of the molecule is OCc1cc2nccn2cn1. The molecule has 2 rings (SSSR count). The Morgan fingerprint density at radius 3 is 3.18 bits per heavy atom. The van der Waals surface area contributed by atoms with E-state index in [1.807, 2.05) is 6.20 Å². The molecule has 2 aromatic rings. The standard InChI is InChI=1S/C7H7N3O/c11-4-6-3-7-8-1-2-10(7)5-9-6/h1-3,5,11H,4H2. The lowest BCUT2D eigenvalue weighted by molar-refractivity contribution is 0.276. The molecule has 11 heavy (non-hydrogen) atoms. The van der Waals surface area contributed by atoms with Gasteiger partial charge in [-0.25, -0.2) is 9.97 Å². The van der Waals surface area contributed by atoms with E-state index in [9.17, 15) is 0 Å². The van der Waals surface area contributed by atoms with E-state index in [1.165, 1.54) is 0 Å². The molecule has 2 heterocycles. The molecule has 0 bridgehead atoms. The van der Waals surface area contributed by atoms with Gasteiger partial charge in [-0.3, -0.25) is 4.40 Å². The molecule has 4 heteroatoms. The Morgan fingerprint density at radius 1 is 1.45 bits per heavy atom. The molecule has 0 unspecified atom stereocenters. The first kappa shape index (κ1) is 6.30. The van der Waals surface area contributed by atoms with Gasteiger partial charge in [-0.2, -0.15) is 0 Å². The maximum Gasteiger partial charge on any atom is 0.139 e. The molecule has 1 N–H and O–H groups in total. The van der Waals surface area contributed by atoms with Crippen molar-refractivity contribution in [1.29, 1.82) is 0 Å². The van der Waals surface area contributed by atoms with Gasteiger partial charge in [0.2, 0.25) is 0 Å². The maximum atomic E-state index is 8.74. The van der Waals surface area contributed by atoms with Gasteiger partial charge in [-0.15, -0.1) is 0 Å². The highest BCUT2D eigenvalue weighted by Crippen LogP contribution is 2.00. The largest absolute Gasteiger partial charge is 0.390 e. The van der Waals surface area contributed by atoms with Crippen LogP contribution in [0.1, 0.15) is 5.69 Å². The van der Waals surface area contributed by atoms with Crippen LogP contribution in [0.15, 0.2) is 24.8 Å². The van der Waals surface area contributed by atoms with Gasteiger partial charge in [0.15, 0.2) is 0 Å². The second-order valence-corrected chi connectivity index (χ2v) is 2.23. The number of hydrogen-bond donors (Lipinski definition) is 1.